The zero-order valence-corrected chi connectivity index (χ0v) is 11.9. The Bertz CT molecular complexity index is 476. The van der Waals surface area contributed by atoms with Crippen LogP contribution in [0, 0.1) is 6.92 Å². The van der Waals surface area contributed by atoms with E-state index in [4.69, 9.17) is 10.5 Å². The summed E-state index contributed by atoms with van der Waals surface area (Å²) in [7, 11) is 1.52. The summed E-state index contributed by atoms with van der Waals surface area (Å²) in [5.41, 5.74) is 4.71. The molecule has 2 amide bonds. The number of ether oxygens (including phenoxy) is 1. The van der Waals surface area contributed by atoms with Gasteiger partial charge in [0.05, 0.1) is 5.01 Å². The van der Waals surface area contributed by atoms with Gasteiger partial charge in [-0.25, -0.2) is 9.78 Å². The molecular weight excluding hydrogens is 254 g/mol. The normalized spacial score (nSPS) is 11.2. The van der Waals surface area contributed by atoms with Gasteiger partial charge in [0.15, 0.2) is 5.69 Å². The van der Waals surface area contributed by atoms with E-state index in [0.717, 1.165) is 0 Å². The number of amides is 2. The highest BCUT2D eigenvalue weighted by Gasteiger charge is 2.25. The number of anilines is 1. The number of rotatable bonds is 2. The van der Waals surface area contributed by atoms with Gasteiger partial charge in [0.25, 0.3) is 5.91 Å². The van der Waals surface area contributed by atoms with Crippen molar-refractivity contribution in [1.29, 1.82) is 0 Å². The lowest BCUT2D eigenvalue weighted by Crippen LogP contribution is -2.34. The predicted molar refractivity (Wildman–Crippen MR) is 70.0 cm³/mol. The molecule has 0 unspecified atom stereocenters. The molecule has 0 fully saturated rings. The highest BCUT2D eigenvalue weighted by Crippen LogP contribution is 2.28. The third-order valence-corrected chi connectivity index (χ3v) is 2.97. The van der Waals surface area contributed by atoms with Crippen LogP contribution in [0.3, 0.4) is 0 Å². The summed E-state index contributed by atoms with van der Waals surface area (Å²) in [4.78, 5) is 28.4. The smallest absolute Gasteiger partial charge is 0.415 e. The van der Waals surface area contributed by atoms with Gasteiger partial charge >= 0.3 is 6.09 Å². The van der Waals surface area contributed by atoms with Crippen LogP contribution in [0.5, 0.6) is 0 Å². The quantitative estimate of drug-likeness (QED) is 0.890. The molecular formula is C11H17N3O3S. The highest BCUT2D eigenvalue weighted by molar-refractivity contribution is 7.16. The Morgan fingerprint density at radius 1 is 1.39 bits per heavy atom. The second kappa shape index (κ2) is 4.93. The minimum absolute atomic E-state index is 0.0888. The molecule has 100 valence electrons. The molecule has 0 saturated heterocycles. The molecule has 0 aromatic carbocycles. The lowest BCUT2D eigenvalue weighted by atomic mass is 10.2. The van der Waals surface area contributed by atoms with Crippen LogP contribution in [0.25, 0.3) is 0 Å². The summed E-state index contributed by atoms with van der Waals surface area (Å²) in [6.07, 6.45) is -0.548. The topological polar surface area (TPSA) is 85.5 Å². The number of thiazole rings is 1. The zero-order valence-electron chi connectivity index (χ0n) is 11.1. The predicted octanol–water partition coefficient (Wildman–Crippen LogP) is 1.92. The van der Waals surface area contributed by atoms with Gasteiger partial charge in [0.1, 0.15) is 10.6 Å². The molecule has 1 aromatic heterocycles. The van der Waals surface area contributed by atoms with E-state index in [1.165, 1.54) is 23.3 Å². The maximum atomic E-state index is 11.9. The fourth-order valence-electron chi connectivity index (χ4n) is 1.22. The Kier molecular flexibility index (Phi) is 3.95. The van der Waals surface area contributed by atoms with Gasteiger partial charge in [0.2, 0.25) is 0 Å². The molecule has 1 heterocycles. The van der Waals surface area contributed by atoms with Gasteiger partial charge in [-0.15, -0.1) is 11.3 Å². The number of carbonyl (C=O) groups excluding carboxylic acids is 2. The molecule has 0 aliphatic heterocycles. The molecule has 0 saturated carbocycles. The van der Waals surface area contributed by atoms with Crippen molar-refractivity contribution in [3.8, 4) is 0 Å². The molecule has 0 spiro atoms. The largest absolute Gasteiger partial charge is 0.443 e. The number of hydrogen-bond acceptors (Lipinski definition) is 5. The highest BCUT2D eigenvalue weighted by atomic mass is 32.1. The van der Waals surface area contributed by atoms with Crippen LogP contribution >= 0.6 is 11.3 Å². The summed E-state index contributed by atoms with van der Waals surface area (Å²) in [6, 6.07) is 0. The SMILES string of the molecule is Cc1nc(C(N)=O)c(N(C)C(=O)OC(C)(C)C)s1. The Labute approximate surface area is 110 Å². The molecule has 1 aromatic rings. The van der Waals surface area contributed by atoms with Crippen LogP contribution in [-0.4, -0.2) is 29.6 Å². The molecule has 0 aliphatic rings. The van der Waals surface area contributed by atoms with Crippen LogP contribution in [0.15, 0.2) is 0 Å². The zero-order chi connectivity index (χ0) is 14.1. The second-order valence-corrected chi connectivity index (χ2v) is 5.97. The van der Waals surface area contributed by atoms with Crippen molar-refractivity contribution >= 4 is 28.3 Å². The van der Waals surface area contributed by atoms with E-state index >= 15 is 0 Å². The van der Waals surface area contributed by atoms with Crippen LogP contribution in [0.2, 0.25) is 0 Å². The standard InChI is InChI=1S/C11H17N3O3S/c1-6-13-7(8(12)15)9(18-6)14(5)10(16)17-11(2,3)4/h1-5H3,(H2,12,15). The molecule has 7 heteroatoms. The van der Waals surface area contributed by atoms with Crippen LogP contribution < -0.4 is 10.6 Å². The fraction of sp³-hybridized carbons (Fsp3) is 0.545. The first kappa shape index (κ1) is 14.4. The Morgan fingerprint density at radius 3 is 2.39 bits per heavy atom. The number of primary amides is 1. The van der Waals surface area contributed by atoms with Gasteiger partial charge in [0, 0.05) is 7.05 Å². The van der Waals surface area contributed by atoms with Crippen molar-refractivity contribution in [3.63, 3.8) is 0 Å². The van der Waals surface area contributed by atoms with E-state index in [2.05, 4.69) is 4.98 Å². The summed E-state index contributed by atoms with van der Waals surface area (Å²) in [5.74, 6) is -0.662. The minimum Gasteiger partial charge on any atom is -0.443 e. The molecule has 0 aliphatic carbocycles. The first-order chi connectivity index (χ1) is 8.11. The summed E-state index contributed by atoms with van der Waals surface area (Å²) < 4.78 is 5.21. The van der Waals surface area contributed by atoms with E-state index in [1.807, 2.05) is 0 Å². The van der Waals surface area contributed by atoms with Crippen LogP contribution in [-0.2, 0) is 4.74 Å². The number of hydrogen-bond donors (Lipinski definition) is 1. The summed E-state index contributed by atoms with van der Waals surface area (Å²) in [5, 5.41) is 1.06. The lowest BCUT2D eigenvalue weighted by Gasteiger charge is -2.23. The van der Waals surface area contributed by atoms with Gasteiger partial charge in [-0.05, 0) is 27.7 Å². The fourth-order valence-corrected chi connectivity index (χ4v) is 2.09. The van der Waals surface area contributed by atoms with Crippen molar-refractivity contribution in [2.24, 2.45) is 5.73 Å². The first-order valence-corrected chi connectivity index (χ1v) is 6.17. The molecule has 18 heavy (non-hydrogen) atoms. The Hall–Kier alpha value is -1.63. The van der Waals surface area contributed by atoms with E-state index in [9.17, 15) is 9.59 Å². The van der Waals surface area contributed by atoms with Gasteiger partial charge < -0.3 is 10.5 Å². The summed E-state index contributed by atoms with van der Waals surface area (Å²) >= 11 is 1.22. The van der Waals surface area contributed by atoms with Crippen molar-refractivity contribution in [2.75, 3.05) is 11.9 Å². The average molecular weight is 271 g/mol. The van der Waals surface area contributed by atoms with Crippen molar-refractivity contribution in [1.82, 2.24) is 4.98 Å². The Balaban J connectivity index is 3.00. The molecule has 2 N–H and O–H groups in total. The number of carbonyl (C=O) groups is 2. The molecule has 1 rings (SSSR count). The molecule has 0 radical (unpaired) electrons. The number of nitrogens with two attached hydrogens (primary N) is 1. The van der Waals surface area contributed by atoms with Crippen LogP contribution in [0.4, 0.5) is 9.80 Å². The minimum atomic E-state index is -0.662. The van der Waals surface area contributed by atoms with E-state index in [-0.39, 0.29) is 5.69 Å². The maximum Gasteiger partial charge on any atom is 0.415 e. The van der Waals surface area contributed by atoms with Crippen molar-refractivity contribution < 1.29 is 14.3 Å². The molecule has 0 atom stereocenters. The number of aryl methyl sites for hydroxylation is 1. The summed E-state index contributed by atoms with van der Waals surface area (Å²) in [6.45, 7) is 7.05. The van der Waals surface area contributed by atoms with Crippen LogP contribution in [0.1, 0.15) is 36.3 Å². The average Bonchev–Trinajstić information content (AvgIpc) is 2.56. The van der Waals surface area contributed by atoms with Gasteiger partial charge in [-0.1, -0.05) is 0 Å². The van der Waals surface area contributed by atoms with E-state index in [0.29, 0.717) is 10.0 Å². The first-order valence-electron chi connectivity index (χ1n) is 5.36. The second-order valence-electron chi connectivity index (χ2n) is 4.79. The molecule has 0 bridgehead atoms. The van der Waals surface area contributed by atoms with Gasteiger partial charge in [-0.2, -0.15) is 0 Å². The lowest BCUT2D eigenvalue weighted by molar-refractivity contribution is 0.0590. The third-order valence-electron chi connectivity index (χ3n) is 1.92. The maximum absolute atomic E-state index is 11.9. The number of nitrogens with zero attached hydrogens (tertiary/aromatic N) is 2. The molecule has 6 nitrogen and oxygen atoms in total. The monoisotopic (exact) mass is 271 g/mol. The Morgan fingerprint density at radius 2 is 1.94 bits per heavy atom. The van der Waals surface area contributed by atoms with Crippen molar-refractivity contribution in [3.05, 3.63) is 10.7 Å². The number of aromatic nitrogens is 1. The van der Waals surface area contributed by atoms with E-state index < -0.39 is 17.6 Å². The third kappa shape index (κ3) is 3.43. The van der Waals surface area contributed by atoms with E-state index in [1.54, 1.807) is 27.7 Å². The van der Waals surface area contributed by atoms with Gasteiger partial charge in [-0.3, -0.25) is 9.69 Å². The van der Waals surface area contributed by atoms with Crippen molar-refractivity contribution in [2.45, 2.75) is 33.3 Å².